The fourth-order valence-corrected chi connectivity index (χ4v) is 6.60. The van der Waals surface area contributed by atoms with E-state index in [-0.39, 0.29) is 5.92 Å². The summed E-state index contributed by atoms with van der Waals surface area (Å²) in [6, 6.07) is 40.9. The van der Waals surface area contributed by atoms with Crippen LogP contribution in [0.3, 0.4) is 0 Å². The third kappa shape index (κ3) is 7.52. The molecule has 0 bridgehead atoms. The zero-order valence-electron chi connectivity index (χ0n) is 27.9. The van der Waals surface area contributed by atoms with Crippen LogP contribution in [0.5, 0.6) is 11.5 Å². The first-order valence-corrected chi connectivity index (χ1v) is 16.7. The topological polar surface area (TPSA) is 70.5 Å². The summed E-state index contributed by atoms with van der Waals surface area (Å²) in [5.41, 5.74) is 20.4. The molecular weight excluding hydrogens is 588 g/mol. The van der Waals surface area contributed by atoms with Crippen molar-refractivity contribution in [3.8, 4) is 11.5 Å². The number of aryl methyl sites for hydroxylation is 1. The molecule has 0 fully saturated rings. The Morgan fingerprint density at radius 2 is 1.31 bits per heavy atom. The second-order valence-electron chi connectivity index (χ2n) is 12.2. The summed E-state index contributed by atoms with van der Waals surface area (Å²) in [4.78, 5) is 0. The molecule has 4 heteroatoms. The Hall–Kier alpha value is -5.16. The molecular formula is C44H44N2O2. The maximum Gasteiger partial charge on any atom is 0.126 e. The van der Waals surface area contributed by atoms with E-state index in [9.17, 15) is 0 Å². The van der Waals surface area contributed by atoms with Crippen molar-refractivity contribution >= 4 is 45.8 Å². The van der Waals surface area contributed by atoms with Gasteiger partial charge in [0.25, 0.3) is 0 Å². The molecule has 0 spiro atoms. The molecule has 0 radical (unpaired) electrons. The van der Waals surface area contributed by atoms with Crippen molar-refractivity contribution in [3.05, 3.63) is 154 Å². The van der Waals surface area contributed by atoms with Crippen LogP contribution in [0.25, 0.3) is 45.8 Å². The molecule has 6 aromatic carbocycles. The van der Waals surface area contributed by atoms with Gasteiger partial charge in [0.05, 0.1) is 14.2 Å². The lowest BCUT2D eigenvalue weighted by Crippen LogP contribution is -2.10. The van der Waals surface area contributed by atoms with E-state index < -0.39 is 0 Å². The van der Waals surface area contributed by atoms with Gasteiger partial charge in [-0.05, 0) is 99.9 Å². The second-order valence-corrected chi connectivity index (χ2v) is 12.2. The zero-order valence-corrected chi connectivity index (χ0v) is 27.9. The van der Waals surface area contributed by atoms with Gasteiger partial charge < -0.3 is 20.9 Å². The minimum Gasteiger partial charge on any atom is -0.496 e. The van der Waals surface area contributed by atoms with Crippen LogP contribution in [0.1, 0.15) is 57.7 Å². The highest BCUT2D eigenvalue weighted by atomic mass is 16.5. The standard InChI is InChI=1S/C44H44N2O2/c1-47-43-21-19-34-11-5-6-15-41(34)42(43)20-17-33-25-32(10-8-23-45)27-39(28-33)40(22-24-46)37-14-7-9-31(26-37)16-18-38-29-35-12-3-4-13-36(35)30-44(38)48-2/h3-7,9,11-21,25-30,40H,8,10,22-24,45-46H2,1-2H3/b18-16-,20-17+. The number of methoxy groups -OCH3 is 2. The molecule has 0 aliphatic rings. The van der Waals surface area contributed by atoms with Gasteiger partial charge in [-0.2, -0.15) is 0 Å². The minimum atomic E-state index is 0.149. The van der Waals surface area contributed by atoms with Gasteiger partial charge in [0.1, 0.15) is 11.5 Å². The lowest BCUT2D eigenvalue weighted by Gasteiger charge is -2.20. The average molecular weight is 633 g/mol. The molecule has 0 aliphatic carbocycles. The van der Waals surface area contributed by atoms with E-state index in [1.165, 1.54) is 32.8 Å². The van der Waals surface area contributed by atoms with E-state index in [0.717, 1.165) is 58.4 Å². The highest BCUT2D eigenvalue weighted by molar-refractivity contribution is 5.95. The summed E-state index contributed by atoms with van der Waals surface area (Å²) >= 11 is 0. The first-order chi connectivity index (χ1) is 23.6. The lowest BCUT2D eigenvalue weighted by molar-refractivity contribution is 0.414. The van der Waals surface area contributed by atoms with E-state index in [1.807, 2.05) is 6.07 Å². The quantitative estimate of drug-likeness (QED) is 0.124. The predicted octanol–water partition coefficient (Wildman–Crippen LogP) is 9.72. The Balaban J connectivity index is 1.36. The molecule has 0 saturated heterocycles. The van der Waals surface area contributed by atoms with E-state index in [0.29, 0.717) is 13.1 Å². The monoisotopic (exact) mass is 632 g/mol. The van der Waals surface area contributed by atoms with Crippen molar-refractivity contribution in [1.29, 1.82) is 0 Å². The normalized spacial score (nSPS) is 12.3. The van der Waals surface area contributed by atoms with Crippen molar-refractivity contribution in [3.63, 3.8) is 0 Å². The van der Waals surface area contributed by atoms with E-state index in [4.69, 9.17) is 20.9 Å². The zero-order chi connectivity index (χ0) is 33.3. The van der Waals surface area contributed by atoms with Gasteiger partial charge in [-0.15, -0.1) is 0 Å². The molecule has 4 nitrogen and oxygen atoms in total. The molecule has 1 unspecified atom stereocenters. The fraction of sp³-hybridized carbons (Fsp3) is 0.182. The number of fused-ring (bicyclic) bond motifs is 2. The highest BCUT2D eigenvalue weighted by Gasteiger charge is 2.16. The summed E-state index contributed by atoms with van der Waals surface area (Å²) in [5.74, 6) is 1.87. The second kappa shape index (κ2) is 15.6. The van der Waals surface area contributed by atoms with Gasteiger partial charge in [-0.1, -0.05) is 121 Å². The van der Waals surface area contributed by atoms with Crippen molar-refractivity contribution in [1.82, 2.24) is 0 Å². The Labute approximate surface area is 284 Å². The fourth-order valence-electron chi connectivity index (χ4n) is 6.60. The molecule has 0 aromatic heterocycles. The van der Waals surface area contributed by atoms with Crippen molar-refractivity contribution in [2.75, 3.05) is 27.3 Å². The number of benzene rings is 6. The predicted molar refractivity (Wildman–Crippen MR) is 205 cm³/mol. The van der Waals surface area contributed by atoms with Crippen molar-refractivity contribution < 1.29 is 9.47 Å². The van der Waals surface area contributed by atoms with Crippen molar-refractivity contribution in [2.45, 2.75) is 25.2 Å². The van der Waals surface area contributed by atoms with Gasteiger partial charge in [-0.3, -0.25) is 0 Å². The van der Waals surface area contributed by atoms with Gasteiger partial charge in [0, 0.05) is 17.0 Å². The number of hydrogen-bond donors (Lipinski definition) is 2. The molecule has 1 atom stereocenters. The van der Waals surface area contributed by atoms with Crippen LogP contribution in [-0.4, -0.2) is 27.3 Å². The Morgan fingerprint density at radius 1 is 0.583 bits per heavy atom. The highest BCUT2D eigenvalue weighted by Crippen LogP contribution is 2.34. The van der Waals surface area contributed by atoms with E-state index in [1.54, 1.807) is 14.2 Å². The smallest absolute Gasteiger partial charge is 0.126 e. The molecule has 0 amide bonds. The molecule has 6 rings (SSSR count). The van der Waals surface area contributed by atoms with Gasteiger partial charge in [-0.25, -0.2) is 0 Å². The number of nitrogens with two attached hydrogens (primary N) is 2. The Bertz CT molecular complexity index is 2080. The third-order valence-electron chi connectivity index (χ3n) is 9.02. The van der Waals surface area contributed by atoms with Crippen LogP contribution in [-0.2, 0) is 6.42 Å². The molecule has 0 heterocycles. The number of ether oxygens (including phenoxy) is 2. The van der Waals surface area contributed by atoms with Crippen molar-refractivity contribution in [2.24, 2.45) is 11.5 Å². The summed E-state index contributed by atoms with van der Waals surface area (Å²) in [5, 5.41) is 4.70. The summed E-state index contributed by atoms with van der Waals surface area (Å²) in [7, 11) is 3.45. The third-order valence-corrected chi connectivity index (χ3v) is 9.02. The van der Waals surface area contributed by atoms with Gasteiger partial charge >= 0.3 is 0 Å². The number of hydrogen-bond acceptors (Lipinski definition) is 4. The maximum absolute atomic E-state index is 6.26. The SMILES string of the molecule is COc1cc2ccccc2cc1/C=C\c1cccc(C(CCN)c2cc(/C=C/c3c(OC)ccc4ccccc34)cc(CCCN)c2)c1. The maximum atomic E-state index is 6.26. The van der Waals surface area contributed by atoms with Crippen LogP contribution in [0.4, 0.5) is 0 Å². The van der Waals surface area contributed by atoms with Crippen LogP contribution in [0, 0.1) is 0 Å². The molecule has 6 aromatic rings. The van der Waals surface area contributed by atoms with Gasteiger partial charge in [0.2, 0.25) is 0 Å². The molecule has 4 N–H and O–H groups in total. The van der Waals surface area contributed by atoms with Crippen LogP contribution in [0.2, 0.25) is 0 Å². The Morgan fingerprint density at radius 3 is 2.08 bits per heavy atom. The van der Waals surface area contributed by atoms with Crippen LogP contribution in [0.15, 0.2) is 115 Å². The largest absolute Gasteiger partial charge is 0.496 e. The number of rotatable bonds is 13. The van der Waals surface area contributed by atoms with Crippen LogP contribution < -0.4 is 20.9 Å². The minimum absolute atomic E-state index is 0.149. The van der Waals surface area contributed by atoms with Gasteiger partial charge in [0.15, 0.2) is 0 Å². The lowest BCUT2D eigenvalue weighted by atomic mass is 9.85. The summed E-state index contributed by atoms with van der Waals surface area (Å²) in [6.45, 7) is 1.25. The van der Waals surface area contributed by atoms with E-state index >= 15 is 0 Å². The molecule has 242 valence electrons. The molecule has 0 aliphatic heterocycles. The first kappa shape index (κ1) is 32.8. The van der Waals surface area contributed by atoms with Crippen LogP contribution >= 0.6 is 0 Å². The summed E-state index contributed by atoms with van der Waals surface area (Å²) < 4.78 is 11.5. The molecule has 48 heavy (non-hydrogen) atoms. The molecule has 0 saturated carbocycles. The van der Waals surface area contributed by atoms with E-state index in [2.05, 4.69) is 133 Å². The first-order valence-electron chi connectivity index (χ1n) is 16.7. The summed E-state index contributed by atoms with van der Waals surface area (Å²) in [6.07, 6.45) is 11.4. The Kier molecular flexibility index (Phi) is 10.7. The average Bonchev–Trinajstić information content (AvgIpc) is 3.13.